The van der Waals surface area contributed by atoms with Gasteiger partial charge in [-0.05, 0) is 6.92 Å². The predicted molar refractivity (Wildman–Crippen MR) is 53.8 cm³/mol. The van der Waals surface area contributed by atoms with Gasteiger partial charge in [0.25, 0.3) is 0 Å². The Morgan fingerprint density at radius 3 is 1.86 bits per heavy atom. The number of hydrogen-bond acceptors (Lipinski definition) is 3. The summed E-state index contributed by atoms with van der Waals surface area (Å²) in [5, 5.41) is 8.89. The van der Waals surface area contributed by atoms with Gasteiger partial charge in [0.05, 0.1) is 20.3 Å². The van der Waals surface area contributed by atoms with Crippen molar-refractivity contribution >= 4 is 5.97 Å². The molecule has 1 rings (SSSR count). The number of nitrogens with zero attached hydrogens (tertiary/aromatic N) is 2. The van der Waals surface area contributed by atoms with Gasteiger partial charge < -0.3 is 14.8 Å². The number of carbonyl (C=O) groups excluding carboxylic acids is 1. The molecule has 0 aliphatic carbocycles. The van der Waals surface area contributed by atoms with E-state index in [1.807, 2.05) is 0 Å². The molecule has 1 aliphatic heterocycles. The number of quaternary nitrogens is 1. The van der Waals surface area contributed by atoms with E-state index in [-0.39, 0.29) is 5.66 Å². The molecule has 0 radical (unpaired) electrons. The van der Waals surface area contributed by atoms with Crippen LogP contribution in [0.15, 0.2) is 12.4 Å². The van der Waals surface area contributed by atoms with E-state index in [4.69, 9.17) is 9.90 Å². The molecule has 0 amide bonds. The lowest BCUT2D eigenvalue weighted by atomic mass is 10.2. The summed E-state index contributed by atoms with van der Waals surface area (Å²) in [5.41, 5.74) is 0.208. The van der Waals surface area contributed by atoms with Crippen molar-refractivity contribution in [3.63, 3.8) is 0 Å². The van der Waals surface area contributed by atoms with Gasteiger partial charge >= 0.3 is 0 Å². The summed E-state index contributed by atoms with van der Waals surface area (Å²) in [6, 6.07) is 0. The molecule has 4 heteroatoms. The summed E-state index contributed by atoms with van der Waals surface area (Å²) in [4.78, 5) is 11.1. The van der Waals surface area contributed by atoms with Crippen molar-refractivity contribution in [2.45, 2.75) is 26.4 Å². The highest BCUT2D eigenvalue weighted by atomic mass is 16.4. The second kappa shape index (κ2) is 4.00. The smallest absolute Gasteiger partial charge is 0.172 e. The Balaban J connectivity index is 0.000000364. The molecule has 0 saturated heterocycles. The normalized spacial score (nSPS) is 21.4. The molecule has 4 nitrogen and oxygen atoms in total. The van der Waals surface area contributed by atoms with Crippen LogP contribution in [0.1, 0.15) is 20.8 Å². The van der Waals surface area contributed by atoms with Crippen molar-refractivity contribution in [1.82, 2.24) is 4.90 Å². The van der Waals surface area contributed by atoms with Crippen LogP contribution < -0.4 is 5.11 Å². The molecule has 14 heavy (non-hydrogen) atoms. The van der Waals surface area contributed by atoms with Gasteiger partial charge in [0, 0.05) is 26.9 Å². The molecule has 0 aromatic heterocycles. The molecule has 0 spiro atoms. The first-order chi connectivity index (χ1) is 6.11. The number of carboxylic acids is 1. The number of carboxylic acid groups (broad SMARTS) is 1. The lowest BCUT2D eigenvalue weighted by Gasteiger charge is -2.40. The first-order valence-corrected chi connectivity index (χ1v) is 4.55. The van der Waals surface area contributed by atoms with Crippen molar-refractivity contribution in [2.75, 3.05) is 21.1 Å². The van der Waals surface area contributed by atoms with E-state index in [0.29, 0.717) is 0 Å². The fourth-order valence-electron chi connectivity index (χ4n) is 1.04. The lowest BCUT2D eigenvalue weighted by molar-refractivity contribution is -0.894. The number of carbonyl (C=O) groups is 1. The Bertz CT molecular complexity index is 241. The number of aliphatic carboxylic acids is 1. The highest BCUT2D eigenvalue weighted by molar-refractivity contribution is 5.60. The van der Waals surface area contributed by atoms with Crippen LogP contribution in [0.4, 0.5) is 0 Å². The third-order valence-corrected chi connectivity index (χ3v) is 2.94. The Morgan fingerprint density at radius 2 is 1.79 bits per heavy atom. The average Bonchev–Trinajstić information content (AvgIpc) is 2.13. The van der Waals surface area contributed by atoms with E-state index in [0.717, 1.165) is 11.4 Å². The monoisotopic (exact) mass is 200 g/mol. The fourth-order valence-corrected chi connectivity index (χ4v) is 1.04. The molecular weight excluding hydrogens is 180 g/mol. The van der Waals surface area contributed by atoms with Crippen LogP contribution in [0.25, 0.3) is 0 Å². The third kappa shape index (κ3) is 2.73. The van der Waals surface area contributed by atoms with Gasteiger partial charge in [-0.1, -0.05) is 0 Å². The Kier molecular flexibility index (Phi) is 3.71. The molecule has 1 heterocycles. The minimum Gasteiger partial charge on any atom is -0.550 e. The van der Waals surface area contributed by atoms with Crippen LogP contribution in [0, 0.1) is 0 Å². The van der Waals surface area contributed by atoms with Gasteiger partial charge in [0.2, 0.25) is 0 Å². The van der Waals surface area contributed by atoms with Crippen molar-refractivity contribution < 1.29 is 14.4 Å². The molecule has 0 atom stereocenters. The number of hydrogen-bond donors (Lipinski definition) is 0. The quantitative estimate of drug-likeness (QED) is 0.516. The van der Waals surface area contributed by atoms with E-state index in [1.165, 1.54) is 0 Å². The van der Waals surface area contributed by atoms with Crippen LogP contribution in [0.5, 0.6) is 0 Å². The van der Waals surface area contributed by atoms with Crippen molar-refractivity contribution in [2.24, 2.45) is 0 Å². The average molecular weight is 200 g/mol. The maximum absolute atomic E-state index is 8.89. The zero-order valence-corrected chi connectivity index (χ0v) is 9.87. The zero-order chi connectivity index (χ0) is 11.6. The van der Waals surface area contributed by atoms with Gasteiger partial charge in [-0.25, -0.2) is 0 Å². The minimum atomic E-state index is -1.08. The fraction of sp³-hybridized carbons (Fsp3) is 0.700. The topological polar surface area (TPSA) is 43.4 Å². The molecule has 82 valence electrons. The summed E-state index contributed by atoms with van der Waals surface area (Å²) < 4.78 is 0.934. The van der Waals surface area contributed by atoms with Crippen LogP contribution in [0.2, 0.25) is 0 Å². The van der Waals surface area contributed by atoms with Gasteiger partial charge in [0.1, 0.15) is 6.20 Å². The van der Waals surface area contributed by atoms with E-state index < -0.39 is 5.97 Å². The van der Waals surface area contributed by atoms with Gasteiger partial charge in [-0.2, -0.15) is 0 Å². The largest absolute Gasteiger partial charge is 0.550 e. The standard InChI is InChI=1S/C8H17N2.C2H4O2/c1-8(2)9(3)6-7-10(8,4)5;1-2(3)4/h6-7H,1-5H3;1H3,(H,3,4)/q+1;/p-1. The maximum atomic E-state index is 8.89. The van der Waals surface area contributed by atoms with Crippen LogP contribution in [0.3, 0.4) is 0 Å². The van der Waals surface area contributed by atoms with Gasteiger partial charge in [-0.3, -0.25) is 4.48 Å². The first kappa shape index (κ1) is 13.0. The predicted octanol–water partition coefficient (Wildman–Crippen LogP) is -0.0283. The summed E-state index contributed by atoms with van der Waals surface area (Å²) in [5.74, 6) is -1.08. The Hall–Kier alpha value is -1.03. The van der Waals surface area contributed by atoms with Crippen LogP contribution in [-0.2, 0) is 4.79 Å². The molecule has 0 unspecified atom stereocenters. The highest BCUT2D eigenvalue weighted by Crippen LogP contribution is 2.29. The van der Waals surface area contributed by atoms with Crippen molar-refractivity contribution in [3.8, 4) is 0 Å². The molecule has 0 aromatic rings. The SMILES string of the molecule is CC(=O)[O-].CN1C=C[N+](C)(C)C1(C)C. The zero-order valence-electron chi connectivity index (χ0n) is 9.87. The van der Waals surface area contributed by atoms with Crippen LogP contribution >= 0.6 is 0 Å². The summed E-state index contributed by atoms with van der Waals surface area (Å²) in [7, 11) is 6.53. The third-order valence-electron chi connectivity index (χ3n) is 2.94. The van der Waals surface area contributed by atoms with Crippen molar-refractivity contribution in [1.29, 1.82) is 0 Å². The van der Waals surface area contributed by atoms with E-state index in [1.54, 1.807) is 0 Å². The number of rotatable bonds is 0. The van der Waals surface area contributed by atoms with E-state index in [2.05, 4.69) is 52.3 Å². The molecule has 0 saturated carbocycles. The van der Waals surface area contributed by atoms with E-state index >= 15 is 0 Å². The second-order valence-corrected chi connectivity index (χ2v) is 4.43. The molecule has 0 aromatic carbocycles. The Morgan fingerprint density at radius 1 is 1.43 bits per heavy atom. The molecule has 0 N–H and O–H groups in total. The summed E-state index contributed by atoms with van der Waals surface area (Å²) >= 11 is 0. The van der Waals surface area contributed by atoms with Gasteiger partial charge in [-0.15, -0.1) is 0 Å². The maximum Gasteiger partial charge on any atom is 0.172 e. The minimum absolute atomic E-state index is 0.208. The lowest BCUT2D eigenvalue weighted by Crippen LogP contribution is -2.55. The summed E-state index contributed by atoms with van der Waals surface area (Å²) in [6.07, 6.45) is 4.35. The van der Waals surface area contributed by atoms with Gasteiger partial charge in [0.15, 0.2) is 5.66 Å². The second-order valence-electron chi connectivity index (χ2n) is 4.43. The molecule has 1 aliphatic rings. The highest BCUT2D eigenvalue weighted by Gasteiger charge is 2.42. The molecular formula is C10H20N2O2. The van der Waals surface area contributed by atoms with Crippen molar-refractivity contribution in [3.05, 3.63) is 12.4 Å². The molecule has 0 bridgehead atoms. The molecule has 0 fully saturated rings. The van der Waals surface area contributed by atoms with Crippen LogP contribution in [-0.4, -0.2) is 42.2 Å². The van der Waals surface area contributed by atoms with E-state index in [9.17, 15) is 0 Å². The first-order valence-electron chi connectivity index (χ1n) is 4.55. The Labute approximate surface area is 86.0 Å². The summed E-state index contributed by atoms with van der Waals surface area (Å²) in [6.45, 7) is 5.46.